The highest BCUT2D eigenvalue weighted by atomic mass is 19.4. The average Bonchev–Trinajstić information content (AvgIpc) is 2.43. The minimum absolute atomic E-state index is 0.0624. The Kier molecular flexibility index (Phi) is 6.64. The number of aliphatic hydroxyl groups excluding tert-OH is 2. The number of halogens is 3. The summed E-state index contributed by atoms with van der Waals surface area (Å²) >= 11 is 0. The van der Waals surface area contributed by atoms with E-state index in [2.05, 4.69) is 4.74 Å². The Morgan fingerprint density at radius 2 is 1.71 bits per heavy atom. The van der Waals surface area contributed by atoms with Crippen molar-refractivity contribution in [2.45, 2.75) is 31.4 Å². The fourth-order valence-corrected chi connectivity index (χ4v) is 2.38. The van der Waals surface area contributed by atoms with Gasteiger partial charge >= 0.3 is 6.18 Å². The molecule has 0 aliphatic rings. The second-order valence-corrected chi connectivity index (χ2v) is 5.18. The summed E-state index contributed by atoms with van der Waals surface area (Å²) in [6.07, 6.45) is -3.66. The van der Waals surface area contributed by atoms with E-state index in [1.54, 1.807) is 0 Å². The monoisotopic (exact) mass is 306 g/mol. The van der Waals surface area contributed by atoms with E-state index >= 15 is 0 Å². The first-order valence-corrected chi connectivity index (χ1v) is 6.77. The molecule has 1 aromatic carbocycles. The van der Waals surface area contributed by atoms with Crippen LogP contribution in [-0.4, -0.2) is 42.8 Å². The third kappa shape index (κ3) is 5.30. The first kappa shape index (κ1) is 17.9. The molecular weight excluding hydrogens is 285 g/mol. The molecule has 0 saturated heterocycles. The molecule has 21 heavy (non-hydrogen) atoms. The molecule has 3 nitrogen and oxygen atoms in total. The fourth-order valence-electron chi connectivity index (χ4n) is 2.38. The summed E-state index contributed by atoms with van der Waals surface area (Å²) in [6, 6.07) is 7.35. The molecule has 0 spiro atoms. The number of rotatable bonds is 8. The molecule has 0 fully saturated rings. The van der Waals surface area contributed by atoms with Gasteiger partial charge in [0.15, 0.2) is 0 Å². The SMILES string of the molecule is Cc1ccccc1C(CO)(CO)CCCOCC(F)(F)F. The van der Waals surface area contributed by atoms with Crippen molar-refractivity contribution in [1.29, 1.82) is 0 Å². The lowest BCUT2D eigenvalue weighted by Gasteiger charge is -2.32. The molecule has 0 atom stereocenters. The van der Waals surface area contributed by atoms with Crippen LogP contribution in [0.3, 0.4) is 0 Å². The van der Waals surface area contributed by atoms with Crippen molar-refractivity contribution in [2.75, 3.05) is 26.4 Å². The van der Waals surface area contributed by atoms with Crippen molar-refractivity contribution in [3.05, 3.63) is 35.4 Å². The van der Waals surface area contributed by atoms with Crippen LogP contribution >= 0.6 is 0 Å². The summed E-state index contributed by atoms with van der Waals surface area (Å²) in [6.45, 7) is -0.00738. The maximum atomic E-state index is 12.0. The predicted octanol–water partition coefficient (Wildman–Crippen LogP) is 2.58. The summed E-state index contributed by atoms with van der Waals surface area (Å²) in [5.74, 6) is 0. The van der Waals surface area contributed by atoms with Crippen LogP contribution in [0.1, 0.15) is 24.0 Å². The third-order valence-electron chi connectivity index (χ3n) is 3.53. The van der Waals surface area contributed by atoms with Crippen LogP contribution in [0.5, 0.6) is 0 Å². The van der Waals surface area contributed by atoms with Gasteiger partial charge in [0, 0.05) is 12.0 Å². The number of aliphatic hydroxyl groups is 2. The van der Waals surface area contributed by atoms with Crippen LogP contribution in [0.15, 0.2) is 24.3 Å². The van der Waals surface area contributed by atoms with E-state index in [0.717, 1.165) is 11.1 Å². The minimum Gasteiger partial charge on any atom is -0.395 e. The number of hydrogen-bond acceptors (Lipinski definition) is 3. The van der Waals surface area contributed by atoms with E-state index < -0.39 is 18.2 Å². The Balaban J connectivity index is 2.64. The molecule has 1 rings (SSSR count). The van der Waals surface area contributed by atoms with Gasteiger partial charge in [0.25, 0.3) is 0 Å². The van der Waals surface area contributed by atoms with Crippen LogP contribution in [0.2, 0.25) is 0 Å². The molecule has 2 N–H and O–H groups in total. The van der Waals surface area contributed by atoms with Crippen molar-refractivity contribution in [2.24, 2.45) is 0 Å². The van der Waals surface area contributed by atoms with E-state index in [1.165, 1.54) is 0 Å². The lowest BCUT2D eigenvalue weighted by atomic mass is 9.76. The van der Waals surface area contributed by atoms with Gasteiger partial charge < -0.3 is 14.9 Å². The number of benzene rings is 1. The standard InChI is InChI=1S/C15H21F3O3/c1-12-5-2-3-6-13(12)14(9-19,10-20)7-4-8-21-11-15(16,17)18/h2-3,5-6,19-20H,4,7-11H2,1H3. The van der Waals surface area contributed by atoms with Gasteiger partial charge in [-0.1, -0.05) is 24.3 Å². The van der Waals surface area contributed by atoms with Gasteiger partial charge in [0.2, 0.25) is 0 Å². The topological polar surface area (TPSA) is 49.7 Å². The van der Waals surface area contributed by atoms with Crippen LogP contribution in [0, 0.1) is 6.92 Å². The molecule has 0 aliphatic carbocycles. The third-order valence-corrected chi connectivity index (χ3v) is 3.53. The van der Waals surface area contributed by atoms with Crippen molar-refractivity contribution in [1.82, 2.24) is 0 Å². The first-order valence-electron chi connectivity index (χ1n) is 6.77. The van der Waals surface area contributed by atoms with Crippen LogP contribution < -0.4 is 0 Å². The maximum absolute atomic E-state index is 12.0. The number of alkyl halides is 3. The zero-order valence-electron chi connectivity index (χ0n) is 12.0. The number of aryl methyl sites for hydroxylation is 1. The van der Waals surface area contributed by atoms with E-state index in [0.29, 0.717) is 12.8 Å². The summed E-state index contributed by atoms with van der Waals surface area (Å²) in [5.41, 5.74) is 0.884. The summed E-state index contributed by atoms with van der Waals surface area (Å²) < 4.78 is 40.4. The molecule has 0 amide bonds. The predicted molar refractivity (Wildman–Crippen MR) is 73.1 cm³/mol. The van der Waals surface area contributed by atoms with Gasteiger partial charge in [0.1, 0.15) is 6.61 Å². The normalized spacial score (nSPS) is 12.7. The van der Waals surface area contributed by atoms with E-state index in [4.69, 9.17) is 0 Å². The highest BCUT2D eigenvalue weighted by Crippen LogP contribution is 2.31. The molecule has 0 bridgehead atoms. The minimum atomic E-state index is -4.33. The molecule has 6 heteroatoms. The van der Waals surface area contributed by atoms with Crippen LogP contribution in [0.4, 0.5) is 13.2 Å². The Morgan fingerprint density at radius 3 is 2.24 bits per heavy atom. The van der Waals surface area contributed by atoms with Crippen LogP contribution in [-0.2, 0) is 10.2 Å². The highest BCUT2D eigenvalue weighted by molar-refractivity contribution is 5.33. The first-order chi connectivity index (χ1) is 9.84. The molecular formula is C15H21F3O3. The summed E-state index contributed by atoms with van der Waals surface area (Å²) in [7, 11) is 0. The van der Waals surface area contributed by atoms with E-state index in [9.17, 15) is 23.4 Å². The molecule has 0 saturated carbocycles. The number of ether oxygens (including phenoxy) is 1. The van der Waals surface area contributed by atoms with E-state index in [1.807, 2.05) is 31.2 Å². The molecule has 0 unspecified atom stereocenters. The molecule has 120 valence electrons. The molecule has 0 aliphatic heterocycles. The zero-order chi connectivity index (χ0) is 15.9. The van der Waals surface area contributed by atoms with Gasteiger partial charge in [-0.15, -0.1) is 0 Å². The fraction of sp³-hybridized carbons (Fsp3) is 0.600. The Bertz CT molecular complexity index is 428. The number of hydrogen-bond donors (Lipinski definition) is 2. The largest absolute Gasteiger partial charge is 0.411 e. The van der Waals surface area contributed by atoms with Crippen molar-refractivity contribution >= 4 is 0 Å². The van der Waals surface area contributed by atoms with Gasteiger partial charge in [-0.2, -0.15) is 13.2 Å². The molecule has 1 aromatic rings. The second-order valence-electron chi connectivity index (χ2n) is 5.18. The van der Waals surface area contributed by atoms with Gasteiger partial charge in [-0.25, -0.2) is 0 Å². The molecule has 0 aromatic heterocycles. The maximum Gasteiger partial charge on any atom is 0.411 e. The Labute approximate surface area is 122 Å². The highest BCUT2D eigenvalue weighted by Gasteiger charge is 2.32. The average molecular weight is 306 g/mol. The van der Waals surface area contributed by atoms with Crippen molar-refractivity contribution in [3.63, 3.8) is 0 Å². The smallest absolute Gasteiger partial charge is 0.395 e. The zero-order valence-corrected chi connectivity index (χ0v) is 12.0. The van der Waals surface area contributed by atoms with Gasteiger partial charge in [-0.3, -0.25) is 0 Å². The lowest BCUT2D eigenvalue weighted by molar-refractivity contribution is -0.174. The van der Waals surface area contributed by atoms with Gasteiger partial charge in [-0.05, 0) is 30.9 Å². The summed E-state index contributed by atoms with van der Waals surface area (Å²) in [4.78, 5) is 0. The van der Waals surface area contributed by atoms with Crippen LogP contribution in [0.25, 0.3) is 0 Å². The second kappa shape index (κ2) is 7.77. The van der Waals surface area contributed by atoms with Crippen molar-refractivity contribution < 1.29 is 28.1 Å². The quantitative estimate of drug-likeness (QED) is 0.726. The Morgan fingerprint density at radius 1 is 1.10 bits per heavy atom. The van der Waals surface area contributed by atoms with Gasteiger partial charge in [0.05, 0.1) is 13.2 Å². The Hall–Kier alpha value is -1.11. The summed E-state index contributed by atoms with van der Waals surface area (Å²) in [5, 5.41) is 19.3. The van der Waals surface area contributed by atoms with Crippen molar-refractivity contribution in [3.8, 4) is 0 Å². The lowest BCUT2D eigenvalue weighted by Crippen LogP contribution is -2.36. The molecule has 0 heterocycles. The van der Waals surface area contributed by atoms with E-state index in [-0.39, 0.29) is 19.8 Å². The molecule has 0 radical (unpaired) electrons.